The van der Waals surface area contributed by atoms with Crippen LogP contribution in [-0.4, -0.2) is 38.1 Å². The third-order valence-electron chi connectivity index (χ3n) is 2.46. The molecule has 0 aliphatic carbocycles. The van der Waals surface area contributed by atoms with Crippen molar-refractivity contribution in [2.24, 2.45) is 0 Å². The summed E-state index contributed by atoms with van der Waals surface area (Å²) in [5.74, 6) is 1.16. The molecule has 1 aromatic heterocycles. The predicted molar refractivity (Wildman–Crippen MR) is 65.0 cm³/mol. The van der Waals surface area contributed by atoms with E-state index in [1.807, 2.05) is 0 Å². The van der Waals surface area contributed by atoms with Gasteiger partial charge in [-0.3, -0.25) is 9.89 Å². The van der Waals surface area contributed by atoms with Gasteiger partial charge in [0, 0.05) is 12.6 Å². The lowest BCUT2D eigenvalue weighted by molar-refractivity contribution is 0.0781. The second-order valence-corrected chi connectivity index (χ2v) is 4.05. The lowest BCUT2D eigenvalue weighted by atomic mass is 10.2. The molecule has 0 saturated carbocycles. The predicted octanol–water partition coefficient (Wildman–Crippen LogP) is 1.09. The number of benzene rings is 1. The number of aromatic hydroxyl groups is 1. The van der Waals surface area contributed by atoms with Crippen molar-refractivity contribution in [2.75, 3.05) is 7.05 Å². The van der Waals surface area contributed by atoms with Gasteiger partial charge in [0.05, 0.1) is 6.54 Å². The van der Waals surface area contributed by atoms with Crippen molar-refractivity contribution in [3.8, 4) is 5.75 Å². The molecule has 0 saturated heterocycles. The zero-order valence-electron chi connectivity index (χ0n) is 10.2. The summed E-state index contributed by atoms with van der Waals surface area (Å²) in [4.78, 5) is 17.7. The Morgan fingerprint density at radius 1 is 1.50 bits per heavy atom. The number of nitrogens with zero attached hydrogens (tertiary/aromatic N) is 3. The first-order valence-electron chi connectivity index (χ1n) is 5.48. The van der Waals surface area contributed by atoms with Crippen molar-refractivity contribution in [1.82, 2.24) is 20.1 Å². The lowest BCUT2D eigenvalue weighted by Gasteiger charge is -2.15. The van der Waals surface area contributed by atoms with Crippen molar-refractivity contribution >= 4 is 5.91 Å². The van der Waals surface area contributed by atoms with Crippen LogP contribution < -0.4 is 0 Å². The van der Waals surface area contributed by atoms with Crippen molar-refractivity contribution in [2.45, 2.75) is 13.5 Å². The molecule has 0 aliphatic rings. The van der Waals surface area contributed by atoms with Crippen LogP contribution >= 0.6 is 0 Å². The zero-order valence-corrected chi connectivity index (χ0v) is 10.2. The Morgan fingerprint density at radius 3 is 2.89 bits per heavy atom. The van der Waals surface area contributed by atoms with E-state index in [2.05, 4.69) is 15.2 Å². The highest BCUT2D eigenvalue weighted by atomic mass is 16.3. The number of hydrogen-bond acceptors (Lipinski definition) is 4. The maximum absolute atomic E-state index is 12.1. The van der Waals surface area contributed by atoms with E-state index in [1.54, 1.807) is 26.1 Å². The molecule has 1 amide bonds. The van der Waals surface area contributed by atoms with E-state index >= 15 is 0 Å². The van der Waals surface area contributed by atoms with Gasteiger partial charge in [-0.15, -0.1) is 0 Å². The maximum Gasteiger partial charge on any atom is 0.254 e. The highest BCUT2D eigenvalue weighted by Gasteiger charge is 2.14. The fourth-order valence-electron chi connectivity index (χ4n) is 1.60. The molecule has 0 spiro atoms. The number of aromatic nitrogens is 3. The number of phenols is 1. The van der Waals surface area contributed by atoms with Crippen LogP contribution in [0.1, 0.15) is 22.0 Å². The number of hydrogen-bond donors (Lipinski definition) is 2. The minimum Gasteiger partial charge on any atom is -0.508 e. The summed E-state index contributed by atoms with van der Waals surface area (Å²) in [6, 6.07) is 6.24. The van der Waals surface area contributed by atoms with Gasteiger partial charge in [0.15, 0.2) is 5.82 Å². The topological polar surface area (TPSA) is 82.1 Å². The molecule has 0 radical (unpaired) electrons. The van der Waals surface area contributed by atoms with Crippen molar-refractivity contribution < 1.29 is 9.90 Å². The van der Waals surface area contributed by atoms with E-state index < -0.39 is 0 Å². The van der Waals surface area contributed by atoms with Gasteiger partial charge in [0.25, 0.3) is 5.91 Å². The fraction of sp³-hybridized carbons (Fsp3) is 0.250. The quantitative estimate of drug-likeness (QED) is 0.849. The third-order valence-corrected chi connectivity index (χ3v) is 2.46. The summed E-state index contributed by atoms with van der Waals surface area (Å²) in [6.07, 6.45) is 0. The maximum atomic E-state index is 12.1. The monoisotopic (exact) mass is 246 g/mol. The molecular weight excluding hydrogens is 232 g/mol. The number of amides is 1. The SMILES string of the molecule is Cc1nc(CN(C)C(=O)c2cccc(O)c2)n[nH]1. The van der Waals surface area contributed by atoms with Gasteiger partial charge < -0.3 is 10.0 Å². The van der Waals surface area contributed by atoms with Crippen molar-refractivity contribution in [1.29, 1.82) is 0 Å². The van der Waals surface area contributed by atoms with E-state index in [-0.39, 0.29) is 11.7 Å². The Morgan fingerprint density at radius 2 is 2.28 bits per heavy atom. The number of aryl methyl sites for hydroxylation is 1. The van der Waals surface area contributed by atoms with E-state index in [1.165, 1.54) is 17.0 Å². The number of carbonyl (C=O) groups is 1. The summed E-state index contributed by atoms with van der Waals surface area (Å²) in [7, 11) is 1.66. The number of carbonyl (C=O) groups excluding carboxylic acids is 1. The molecule has 1 heterocycles. The molecule has 6 heteroatoms. The standard InChI is InChI=1S/C12H14N4O2/c1-8-13-11(15-14-8)7-16(2)12(18)9-4-3-5-10(17)6-9/h3-6,17H,7H2,1-2H3,(H,13,14,15). The zero-order chi connectivity index (χ0) is 13.1. The molecule has 0 unspecified atom stereocenters. The largest absolute Gasteiger partial charge is 0.508 e. The molecule has 0 bridgehead atoms. The summed E-state index contributed by atoms with van der Waals surface area (Å²) < 4.78 is 0. The fourth-order valence-corrected chi connectivity index (χ4v) is 1.60. The van der Waals surface area contributed by atoms with Crippen LogP contribution in [0.5, 0.6) is 5.75 Å². The second kappa shape index (κ2) is 4.87. The molecule has 94 valence electrons. The van der Waals surface area contributed by atoms with Gasteiger partial charge in [-0.25, -0.2) is 4.98 Å². The van der Waals surface area contributed by atoms with Gasteiger partial charge in [-0.05, 0) is 25.1 Å². The molecule has 0 fully saturated rings. The Kier molecular flexibility index (Phi) is 3.27. The van der Waals surface area contributed by atoms with Crippen LogP contribution in [-0.2, 0) is 6.54 Å². The third kappa shape index (κ3) is 2.65. The van der Waals surface area contributed by atoms with Crippen LogP contribution in [0.3, 0.4) is 0 Å². The number of nitrogens with one attached hydrogen (secondary N) is 1. The summed E-state index contributed by atoms with van der Waals surface area (Å²) in [5, 5.41) is 16.0. The van der Waals surface area contributed by atoms with Gasteiger partial charge in [0.1, 0.15) is 11.6 Å². The minimum atomic E-state index is -0.187. The smallest absolute Gasteiger partial charge is 0.254 e. The first kappa shape index (κ1) is 12.1. The molecule has 1 aromatic carbocycles. The van der Waals surface area contributed by atoms with Crippen LogP contribution in [0.25, 0.3) is 0 Å². The van der Waals surface area contributed by atoms with Crippen LogP contribution in [0, 0.1) is 6.92 Å². The van der Waals surface area contributed by atoms with Gasteiger partial charge >= 0.3 is 0 Å². The number of H-pyrrole nitrogens is 1. The molecule has 2 N–H and O–H groups in total. The highest BCUT2D eigenvalue weighted by Crippen LogP contribution is 2.13. The average molecular weight is 246 g/mol. The molecule has 2 rings (SSSR count). The van der Waals surface area contributed by atoms with E-state index in [4.69, 9.17) is 0 Å². The Labute approximate surface area is 104 Å². The first-order valence-corrected chi connectivity index (χ1v) is 5.48. The van der Waals surface area contributed by atoms with Crippen molar-refractivity contribution in [3.05, 3.63) is 41.5 Å². The summed E-state index contributed by atoms with van der Waals surface area (Å²) in [5.41, 5.74) is 0.435. The first-order chi connectivity index (χ1) is 8.56. The van der Waals surface area contributed by atoms with Crippen LogP contribution in [0.4, 0.5) is 0 Å². The van der Waals surface area contributed by atoms with E-state index in [9.17, 15) is 9.90 Å². The highest BCUT2D eigenvalue weighted by molar-refractivity contribution is 5.94. The van der Waals surface area contributed by atoms with Crippen LogP contribution in [0.15, 0.2) is 24.3 Å². The normalized spacial score (nSPS) is 10.3. The summed E-state index contributed by atoms with van der Waals surface area (Å²) in [6.45, 7) is 2.12. The Balaban J connectivity index is 2.09. The molecule has 6 nitrogen and oxygen atoms in total. The number of rotatable bonds is 3. The molecule has 2 aromatic rings. The number of aromatic amines is 1. The summed E-state index contributed by atoms with van der Waals surface area (Å²) >= 11 is 0. The Hall–Kier alpha value is -2.37. The molecular formula is C12H14N4O2. The van der Waals surface area contributed by atoms with Gasteiger partial charge in [-0.1, -0.05) is 6.07 Å². The molecule has 0 aliphatic heterocycles. The lowest BCUT2D eigenvalue weighted by Crippen LogP contribution is -2.26. The van der Waals surface area contributed by atoms with Crippen molar-refractivity contribution in [3.63, 3.8) is 0 Å². The average Bonchev–Trinajstić information content (AvgIpc) is 2.73. The van der Waals surface area contributed by atoms with E-state index in [0.717, 1.165) is 0 Å². The minimum absolute atomic E-state index is 0.0722. The Bertz CT molecular complexity index is 565. The van der Waals surface area contributed by atoms with Gasteiger partial charge in [0.2, 0.25) is 0 Å². The molecule has 18 heavy (non-hydrogen) atoms. The van der Waals surface area contributed by atoms with E-state index in [0.29, 0.717) is 23.8 Å². The second-order valence-electron chi connectivity index (χ2n) is 4.05. The molecule has 0 atom stereocenters. The van der Waals surface area contributed by atoms with Crippen LogP contribution in [0.2, 0.25) is 0 Å². The number of phenolic OH excluding ortho intramolecular Hbond substituents is 1. The van der Waals surface area contributed by atoms with Gasteiger partial charge in [-0.2, -0.15) is 5.10 Å².